The van der Waals surface area contributed by atoms with Crippen LogP contribution in [0.25, 0.3) is 16.4 Å². The van der Waals surface area contributed by atoms with Crippen molar-refractivity contribution in [3.05, 3.63) is 83.3 Å². The molecule has 2 aromatic carbocycles. The summed E-state index contributed by atoms with van der Waals surface area (Å²) in [5, 5.41) is 2.17. The Balaban J connectivity index is 1.47. The van der Waals surface area contributed by atoms with Crippen molar-refractivity contribution in [2.75, 3.05) is 7.05 Å². The Morgan fingerprint density at radius 2 is 2.04 bits per heavy atom. The van der Waals surface area contributed by atoms with Gasteiger partial charge in [-0.05, 0) is 41.8 Å². The molecule has 5 rings (SSSR count). The molecule has 5 nitrogen and oxygen atoms in total. The van der Waals surface area contributed by atoms with Gasteiger partial charge >= 0.3 is 5.97 Å². The molecule has 3 heterocycles. The average molecular weight is 357 g/mol. The molecule has 27 heavy (non-hydrogen) atoms. The topological polar surface area (TPSA) is 46.8 Å². The molecule has 0 radical (unpaired) electrons. The zero-order valence-electron chi connectivity index (χ0n) is 15.1. The minimum atomic E-state index is -0.232. The fourth-order valence-corrected chi connectivity index (χ4v) is 3.91. The first kappa shape index (κ1) is 16.0. The molecule has 4 aromatic rings. The molecule has 1 aliphatic rings. The van der Waals surface area contributed by atoms with Crippen LogP contribution >= 0.6 is 0 Å². The lowest BCUT2D eigenvalue weighted by Crippen LogP contribution is -2.19. The van der Waals surface area contributed by atoms with E-state index in [2.05, 4.69) is 39.5 Å². The fourth-order valence-electron chi connectivity index (χ4n) is 3.91. The van der Waals surface area contributed by atoms with Crippen LogP contribution in [0.5, 0.6) is 0 Å². The van der Waals surface area contributed by atoms with Gasteiger partial charge in [0, 0.05) is 24.7 Å². The van der Waals surface area contributed by atoms with E-state index in [1.165, 1.54) is 5.56 Å². The van der Waals surface area contributed by atoms with Crippen LogP contribution in [0, 0.1) is 0 Å². The van der Waals surface area contributed by atoms with Crippen molar-refractivity contribution in [3.63, 3.8) is 0 Å². The number of hydrogen-bond donors (Lipinski definition) is 0. The van der Waals surface area contributed by atoms with Gasteiger partial charge in [0.2, 0.25) is 0 Å². The van der Waals surface area contributed by atoms with Gasteiger partial charge in [-0.2, -0.15) is 0 Å². The van der Waals surface area contributed by atoms with Gasteiger partial charge in [0.05, 0.1) is 17.5 Å². The van der Waals surface area contributed by atoms with Crippen molar-refractivity contribution in [1.29, 1.82) is 0 Å². The van der Waals surface area contributed by atoms with E-state index in [0.29, 0.717) is 12.2 Å². The van der Waals surface area contributed by atoms with E-state index in [-0.39, 0.29) is 5.97 Å². The number of aromatic nitrogens is 2. The summed E-state index contributed by atoms with van der Waals surface area (Å²) < 4.78 is 7.38. The summed E-state index contributed by atoms with van der Waals surface area (Å²) in [6.45, 7) is 1.93. The summed E-state index contributed by atoms with van der Waals surface area (Å²) in [5.74, 6) is -0.232. The Labute approximate surface area is 156 Å². The summed E-state index contributed by atoms with van der Waals surface area (Å²) >= 11 is 0. The van der Waals surface area contributed by atoms with Crippen molar-refractivity contribution in [2.45, 2.75) is 19.7 Å². The van der Waals surface area contributed by atoms with Gasteiger partial charge in [-0.25, -0.2) is 9.78 Å². The lowest BCUT2D eigenvalue weighted by Gasteiger charge is -2.21. The number of fused-ring (bicyclic) bond motifs is 1. The van der Waals surface area contributed by atoms with Crippen molar-refractivity contribution in [3.8, 4) is 0 Å². The van der Waals surface area contributed by atoms with Crippen LogP contribution in [0.4, 0.5) is 0 Å². The number of pyridine rings is 1. The number of carbonyl (C=O) groups excluding carboxylic acids is 1. The molecular formula is C22H19N3O2. The van der Waals surface area contributed by atoms with Crippen LogP contribution in [0.1, 0.15) is 27.2 Å². The Morgan fingerprint density at radius 3 is 2.96 bits per heavy atom. The van der Waals surface area contributed by atoms with Crippen LogP contribution in [0.2, 0.25) is 0 Å². The van der Waals surface area contributed by atoms with E-state index < -0.39 is 0 Å². The van der Waals surface area contributed by atoms with Gasteiger partial charge in [0.15, 0.2) is 0 Å². The number of rotatable bonds is 4. The number of esters is 1. The van der Waals surface area contributed by atoms with Crippen molar-refractivity contribution < 1.29 is 9.53 Å². The maximum atomic E-state index is 12.1. The number of benzene rings is 2. The zero-order valence-corrected chi connectivity index (χ0v) is 15.1. The van der Waals surface area contributed by atoms with E-state index in [4.69, 9.17) is 4.74 Å². The van der Waals surface area contributed by atoms with E-state index in [9.17, 15) is 4.79 Å². The second-order valence-electron chi connectivity index (χ2n) is 7.04. The first-order chi connectivity index (χ1) is 13.2. The molecule has 0 atom stereocenters. The highest BCUT2D eigenvalue weighted by molar-refractivity contribution is 6.08. The SMILES string of the molecule is CN(Cc1ccc2c3c(cccc13)C(=O)OC2)Cc1cnc2ccccn12. The summed E-state index contributed by atoms with van der Waals surface area (Å²) in [5.41, 5.74) is 5.07. The first-order valence-corrected chi connectivity index (χ1v) is 9.01. The largest absolute Gasteiger partial charge is 0.457 e. The third kappa shape index (κ3) is 2.67. The third-order valence-corrected chi connectivity index (χ3v) is 5.16. The fraction of sp³-hybridized carbons (Fsp3) is 0.182. The Hall–Kier alpha value is -3.18. The van der Waals surface area contributed by atoms with Gasteiger partial charge in [0.1, 0.15) is 12.3 Å². The molecule has 0 saturated heterocycles. The van der Waals surface area contributed by atoms with Crippen molar-refractivity contribution >= 4 is 22.4 Å². The molecule has 0 amide bonds. The molecule has 1 aliphatic heterocycles. The quantitative estimate of drug-likeness (QED) is 0.522. The van der Waals surface area contributed by atoms with Crippen LogP contribution < -0.4 is 0 Å². The van der Waals surface area contributed by atoms with Crippen molar-refractivity contribution in [2.24, 2.45) is 0 Å². The summed E-state index contributed by atoms with van der Waals surface area (Å²) in [6.07, 6.45) is 3.97. The van der Waals surface area contributed by atoms with E-state index in [0.717, 1.165) is 40.8 Å². The number of carbonyl (C=O) groups is 1. The predicted octanol–water partition coefficient (Wildman–Crippen LogP) is 3.79. The number of cyclic esters (lactones) is 1. The highest BCUT2D eigenvalue weighted by Crippen LogP contribution is 2.31. The molecular weight excluding hydrogens is 338 g/mol. The van der Waals surface area contributed by atoms with Gasteiger partial charge < -0.3 is 9.14 Å². The van der Waals surface area contributed by atoms with E-state index >= 15 is 0 Å². The molecule has 0 aliphatic carbocycles. The van der Waals surface area contributed by atoms with Crippen LogP contribution in [-0.2, 0) is 24.4 Å². The average Bonchev–Trinajstić information content (AvgIpc) is 3.09. The standard InChI is InChI=1S/C22H19N3O2/c1-24(13-17-11-23-20-7-2-3-10-25(17)20)12-15-8-9-16-14-27-22(26)19-6-4-5-18(15)21(16)19/h2-11H,12-14H2,1H3. The van der Waals surface area contributed by atoms with Crippen molar-refractivity contribution in [1.82, 2.24) is 14.3 Å². The lowest BCUT2D eigenvalue weighted by atomic mass is 9.94. The van der Waals surface area contributed by atoms with Gasteiger partial charge in [-0.15, -0.1) is 0 Å². The van der Waals surface area contributed by atoms with Gasteiger partial charge in [-0.1, -0.05) is 30.3 Å². The molecule has 0 bridgehead atoms. The second-order valence-corrected chi connectivity index (χ2v) is 7.04. The molecule has 0 N–H and O–H groups in total. The Morgan fingerprint density at radius 1 is 1.11 bits per heavy atom. The highest BCUT2D eigenvalue weighted by Gasteiger charge is 2.21. The van der Waals surface area contributed by atoms with E-state index in [1.54, 1.807) is 0 Å². The smallest absolute Gasteiger partial charge is 0.339 e. The number of hydrogen-bond acceptors (Lipinski definition) is 4. The summed E-state index contributed by atoms with van der Waals surface area (Å²) in [7, 11) is 2.10. The molecule has 5 heteroatoms. The molecule has 2 aromatic heterocycles. The monoisotopic (exact) mass is 357 g/mol. The Bertz CT molecular complexity index is 1180. The minimum Gasteiger partial charge on any atom is -0.457 e. The lowest BCUT2D eigenvalue weighted by molar-refractivity contribution is 0.0463. The van der Waals surface area contributed by atoms with Crippen LogP contribution in [0.3, 0.4) is 0 Å². The maximum absolute atomic E-state index is 12.1. The first-order valence-electron chi connectivity index (χ1n) is 9.01. The van der Waals surface area contributed by atoms with E-state index in [1.807, 2.05) is 42.7 Å². The highest BCUT2D eigenvalue weighted by atomic mass is 16.5. The maximum Gasteiger partial charge on any atom is 0.339 e. The minimum absolute atomic E-state index is 0.232. The predicted molar refractivity (Wildman–Crippen MR) is 103 cm³/mol. The normalized spacial score (nSPS) is 13.5. The summed E-state index contributed by atoms with van der Waals surface area (Å²) in [6, 6.07) is 16.1. The number of nitrogens with zero attached hydrogens (tertiary/aromatic N) is 3. The third-order valence-electron chi connectivity index (χ3n) is 5.16. The number of imidazole rings is 1. The molecule has 134 valence electrons. The van der Waals surface area contributed by atoms with Crippen LogP contribution in [-0.4, -0.2) is 27.3 Å². The summed E-state index contributed by atoms with van der Waals surface area (Å²) in [4.78, 5) is 18.8. The molecule has 0 saturated carbocycles. The zero-order chi connectivity index (χ0) is 18.4. The second kappa shape index (κ2) is 6.21. The Kier molecular flexibility index (Phi) is 3.69. The molecule has 0 fully saturated rings. The molecule has 0 unspecified atom stereocenters. The molecule has 0 spiro atoms. The van der Waals surface area contributed by atoms with Crippen LogP contribution in [0.15, 0.2) is 60.9 Å². The van der Waals surface area contributed by atoms with Gasteiger partial charge in [-0.3, -0.25) is 4.90 Å². The van der Waals surface area contributed by atoms with Gasteiger partial charge in [0.25, 0.3) is 0 Å². The number of ether oxygens (including phenoxy) is 1.